The summed E-state index contributed by atoms with van der Waals surface area (Å²) in [5.41, 5.74) is 8.93. The molecule has 0 amide bonds. The maximum Gasteiger partial charge on any atom is 0.263 e. The van der Waals surface area contributed by atoms with Gasteiger partial charge in [0.15, 0.2) is 9.84 Å². The Kier molecular flexibility index (Phi) is 7.02. The molecule has 9 nitrogen and oxygen atoms in total. The van der Waals surface area contributed by atoms with Gasteiger partial charge in [0.05, 0.1) is 16.0 Å². The first kappa shape index (κ1) is 26.5. The van der Waals surface area contributed by atoms with Gasteiger partial charge >= 0.3 is 0 Å². The van der Waals surface area contributed by atoms with Crippen molar-refractivity contribution in [2.24, 2.45) is 0 Å². The van der Waals surface area contributed by atoms with Gasteiger partial charge < -0.3 is 11.1 Å². The molecule has 3 heterocycles. The van der Waals surface area contributed by atoms with Gasteiger partial charge in [-0.25, -0.2) is 22.8 Å². The lowest BCUT2D eigenvalue weighted by molar-refractivity contribution is 0.602. The minimum Gasteiger partial charge on any atom is -0.382 e. The first-order valence-corrected chi connectivity index (χ1v) is 14.1. The van der Waals surface area contributed by atoms with Crippen LogP contribution in [0.2, 0.25) is 0 Å². The highest BCUT2D eigenvalue weighted by atomic mass is 32.2. The number of nitrogens with zero attached hydrogens (tertiary/aromatic N) is 4. The first-order chi connectivity index (χ1) is 19.2. The highest BCUT2D eigenvalue weighted by Gasteiger charge is 2.21. The van der Waals surface area contributed by atoms with Gasteiger partial charge in [-0.2, -0.15) is 5.26 Å². The molecule has 0 aliphatic heterocycles. The van der Waals surface area contributed by atoms with Crippen LogP contribution in [0.15, 0.2) is 88.9 Å². The Balaban J connectivity index is 1.74. The molecule has 0 spiro atoms. The number of nitrogens with two attached hydrogens (primary N) is 1. The SMILES string of the molecule is CS(=O)(=O)c1ccc(-c2c(CCNc3ncnc(N)c3C#N)c(-c3ccccc3)c(=O)n3cc(F)ccc23)cc1. The van der Waals surface area contributed by atoms with Crippen molar-refractivity contribution in [3.63, 3.8) is 0 Å². The lowest BCUT2D eigenvalue weighted by Gasteiger charge is -2.19. The van der Waals surface area contributed by atoms with Gasteiger partial charge in [-0.1, -0.05) is 42.5 Å². The second kappa shape index (κ2) is 10.6. The van der Waals surface area contributed by atoms with Crippen LogP contribution in [0.3, 0.4) is 0 Å². The predicted molar refractivity (Wildman–Crippen MR) is 151 cm³/mol. The second-order valence-corrected chi connectivity index (χ2v) is 11.1. The molecule has 0 atom stereocenters. The lowest BCUT2D eigenvalue weighted by Crippen LogP contribution is -2.21. The zero-order valence-corrected chi connectivity index (χ0v) is 22.1. The standard InChI is InChI=1S/C29H23FN6O3S/c1-40(38,39)21-10-7-19(8-11-21)25-22(13-14-33-28-23(15-31)27(32)34-17-35-28)26(18-5-3-2-4-6-18)29(37)36-16-20(30)9-12-24(25)36/h2-12,16-17H,13-14H2,1H3,(H3,32,33,34,35). The zero-order chi connectivity index (χ0) is 28.4. The summed E-state index contributed by atoms with van der Waals surface area (Å²) in [6.45, 7) is 0.260. The van der Waals surface area contributed by atoms with Crippen molar-refractivity contribution in [1.29, 1.82) is 5.26 Å². The van der Waals surface area contributed by atoms with Gasteiger partial charge in [0.25, 0.3) is 5.56 Å². The van der Waals surface area contributed by atoms with E-state index in [9.17, 15) is 22.9 Å². The number of pyridine rings is 2. The van der Waals surface area contributed by atoms with Crippen LogP contribution in [-0.4, -0.2) is 35.6 Å². The molecule has 3 N–H and O–H groups in total. The number of anilines is 2. The van der Waals surface area contributed by atoms with Crippen molar-refractivity contribution >= 4 is 27.0 Å². The van der Waals surface area contributed by atoms with Gasteiger partial charge in [-0.05, 0) is 47.4 Å². The molecular formula is C29H23FN6O3S. The fourth-order valence-corrected chi connectivity index (χ4v) is 5.30. The van der Waals surface area contributed by atoms with Gasteiger partial charge in [-0.15, -0.1) is 0 Å². The molecule has 0 aliphatic rings. The molecule has 0 saturated heterocycles. The van der Waals surface area contributed by atoms with E-state index in [0.717, 1.165) is 12.5 Å². The third-order valence-electron chi connectivity index (χ3n) is 6.49. The van der Waals surface area contributed by atoms with E-state index in [-0.39, 0.29) is 28.6 Å². The monoisotopic (exact) mass is 554 g/mol. The predicted octanol–water partition coefficient (Wildman–Crippen LogP) is 4.07. The first-order valence-electron chi connectivity index (χ1n) is 12.2. The second-order valence-electron chi connectivity index (χ2n) is 9.07. The quantitative estimate of drug-likeness (QED) is 0.306. The number of hydrogen-bond acceptors (Lipinski definition) is 8. The number of halogens is 1. The van der Waals surface area contributed by atoms with Crippen molar-refractivity contribution in [2.75, 3.05) is 23.9 Å². The molecule has 2 aromatic carbocycles. The minimum absolute atomic E-state index is 0.0441. The molecule has 5 aromatic rings. The van der Waals surface area contributed by atoms with Crippen LogP contribution in [0.25, 0.3) is 27.8 Å². The summed E-state index contributed by atoms with van der Waals surface area (Å²) in [4.78, 5) is 22.0. The van der Waals surface area contributed by atoms with Crippen LogP contribution in [0.4, 0.5) is 16.0 Å². The summed E-state index contributed by atoms with van der Waals surface area (Å²) in [6, 6.07) is 20.2. The van der Waals surface area contributed by atoms with E-state index in [1.807, 2.05) is 12.1 Å². The van der Waals surface area contributed by atoms with E-state index in [1.54, 1.807) is 36.4 Å². The summed E-state index contributed by atoms with van der Waals surface area (Å²) < 4.78 is 39.8. The van der Waals surface area contributed by atoms with E-state index in [2.05, 4.69) is 15.3 Å². The number of hydrogen-bond donors (Lipinski definition) is 2. The van der Waals surface area contributed by atoms with E-state index in [4.69, 9.17) is 5.73 Å². The summed E-state index contributed by atoms with van der Waals surface area (Å²) in [6.07, 6.45) is 3.82. The fourth-order valence-electron chi connectivity index (χ4n) is 4.67. The third kappa shape index (κ3) is 5.00. The van der Waals surface area contributed by atoms with Gasteiger partial charge in [0.2, 0.25) is 0 Å². The van der Waals surface area contributed by atoms with Crippen molar-refractivity contribution in [1.82, 2.24) is 14.4 Å². The Labute approximate surface area is 229 Å². The Morgan fingerprint density at radius 3 is 2.38 bits per heavy atom. The largest absolute Gasteiger partial charge is 0.382 e. The van der Waals surface area contributed by atoms with Crippen molar-refractivity contribution < 1.29 is 12.8 Å². The van der Waals surface area contributed by atoms with E-state index < -0.39 is 21.2 Å². The molecule has 3 aromatic heterocycles. The summed E-state index contributed by atoms with van der Waals surface area (Å²) in [7, 11) is -3.44. The van der Waals surface area contributed by atoms with E-state index in [0.29, 0.717) is 39.8 Å². The van der Waals surface area contributed by atoms with Crippen molar-refractivity contribution in [3.8, 4) is 28.3 Å². The lowest BCUT2D eigenvalue weighted by atomic mass is 9.90. The highest BCUT2D eigenvalue weighted by Crippen LogP contribution is 2.35. The third-order valence-corrected chi connectivity index (χ3v) is 7.62. The molecule has 40 heavy (non-hydrogen) atoms. The van der Waals surface area contributed by atoms with Crippen LogP contribution >= 0.6 is 0 Å². The number of sulfone groups is 1. The van der Waals surface area contributed by atoms with E-state index >= 15 is 0 Å². The fraction of sp³-hybridized carbons (Fsp3) is 0.103. The normalized spacial score (nSPS) is 11.3. The molecule has 200 valence electrons. The average molecular weight is 555 g/mol. The molecule has 0 aliphatic carbocycles. The van der Waals surface area contributed by atoms with Crippen molar-refractivity contribution in [3.05, 3.63) is 107 Å². The Morgan fingerprint density at radius 2 is 1.70 bits per heavy atom. The molecule has 0 radical (unpaired) electrons. The van der Waals surface area contributed by atoms with Crippen molar-refractivity contribution in [2.45, 2.75) is 11.3 Å². The number of nitrogens with one attached hydrogen (secondary N) is 1. The Bertz CT molecular complexity index is 1950. The van der Waals surface area contributed by atoms with Crippen LogP contribution < -0.4 is 16.6 Å². The van der Waals surface area contributed by atoms with Crippen LogP contribution in [0, 0.1) is 17.1 Å². The van der Waals surface area contributed by atoms with Gasteiger partial charge in [0.1, 0.15) is 35.4 Å². The van der Waals surface area contributed by atoms with Gasteiger partial charge in [0, 0.05) is 24.6 Å². The van der Waals surface area contributed by atoms with E-state index in [1.165, 1.54) is 35.0 Å². The summed E-state index contributed by atoms with van der Waals surface area (Å²) in [5.74, 6) is -0.274. The average Bonchev–Trinajstić information content (AvgIpc) is 2.94. The molecule has 0 unspecified atom stereocenters. The number of nitrogen functional groups attached to an aromatic ring is 1. The molecule has 0 saturated carbocycles. The van der Waals surface area contributed by atoms with Crippen LogP contribution in [-0.2, 0) is 16.3 Å². The molecule has 5 rings (SSSR count). The maximum atomic E-state index is 14.4. The smallest absolute Gasteiger partial charge is 0.263 e. The zero-order valence-electron chi connectivity index (χ0n) is 21.3. The Morgan fingerprint density at radius 1 is 1.00 bits per heavy atom. The molecule has 0 bridgehead atoms. The molecule has 0 fully saturated rings. The summed E-state index contributed by atoms with van der Waals surface area (Å²) in [5, 5.41) is 12.6. The van der Waals surface area contributed by atoms with Gasteiger partial charge in [-0.3, -0.25) is 9.20 Å². The van der Waals surface area contributed by atoms with Crippen LogP contribution in [0.1, 0.15) is 11.1 Å². The summed E-state index contributed by atoms with van der Waals surface area (Å²) >= 11 is 0. The highest BCUT2D eigenvalue weighted by molar-refractivity contribution is 7.90. The molecule has 11 heteroatoms. The topological polar surface area (TPSA) is 143 Å². The number of benzene rings is 2. The van der Waals surface area contributed by atoms with Crippen LogP contribution in [0.5, 0.6) is 0 Å². The number of rotatable bonds is 7. The number of aromatic nitrogens is 3. The Hall–Kier alpha value is -5.08. The number of fused-ring (bicyclic) bond motifs is 1. The number of nitriles is 1. The maximum absolute atomic E-state index is 14.4. The molecular weight excluding hydrogens is 531 g/mol. The minimum atomic E-state index is -3.44.